The molecular formula is C20H30N4O7S. The molecule has 178 valence electrons. The SMILES string of the molecule is CC1(C)S[C@@H]2[C@H](NC(=O)[C@@H](N)c3ccccc3)C(=O)N2[C@H]1C(=O)O.NC(CO)(CO)CO. The third-order valence-corrected chi connectivity index (χ3v) is 6.93. The van der Waals surface area contributed by atoms with Crippen LogP contribution in [0.25, 0.3) is 0 Å². The first-order chi connectivity index (χ1) is 14.9. The highest BCUT2D eigenvalue weighted by Gasteiger charge is 2.64. The number of hydrogen-bond acceptors (Lipinski definition) is 9. The van der Waals surface area contributed by atoms with Crippen LogP contribution in [-0.2, 0) is 14.4 Å². The van der Waals surface area contributed by atoms with Crippen LogP contribution in [0.3, 0.4) is 0 Å². The van der Waals surface area contributed by atoms with Gasteiger partial charge in [-0.1, -0.05) is 30.3 Å². The fourth-order valence-electron chi connectivity index (χ4n) is 3.35. The van der Waals surface area contributed by atoms with Crippen LogP contribution in [0.5, 0.6) is 0 Å². The quantitative estimate of drug-likeness (QED) is 0.218. The number of nitrogens with one attached hydrogen (secondary N) is 1. The van der Waals surface area contributed by atoms with Crippen LogP contribution < -0.4 is 16.8 Å². The number of aliphatic hydroxyl groups excluding tert-OH is 3. The molecule has 2 aliphatic rings. The Bertz CT molecular complexity index is 826. The molecule has 11 nitrogen and oxygen atoms in total. The molecular weight excluding hydrogens is 440 g/mol. The van der Waals surface area contributed by atoms with E-state index in [1.165, 1.54) is 16.7 Å². The lowest BCUT2D eigenvalue weighted by Gasteiger charge is -2.43. The number of nitrogens with zero attached hydrogens (tertiary/aromatic N) is 1. The minimum Gasteiger partial charge on any atom is -0.480 e. The normalized spacial score (nSPS) is 24.5. The predicted octanol–water partition coefficient (Wildman–Crippen LogP) is -2.02. The fraction of sp³-hybridized carbons (Fsp3) is 0.550. The van der Waals surface area contributed by atoms with Gasteiger partial charge in [-0.05, 0) is 19.4 Å². The van der Waals surface area contributed by atoms with E-state index >= 15 is 0 Å². The molecule has 32 heavy (non-hydrogen) atoms. The summed E-state index contributed by atoms with van der Waals surface area (Å²) < 4.78 is -0.618. The summed E-state index contributed by atoms with van der Waals surface area (Å²) in [6.45, 7) is 2.37. The molecule has 0 bridgehead atoms. The van der Waals surface area contributed by atoms with Crippen molar-refractivity contribution in [3.63, 3.8) is 0 Å². The van der Waals surface area contributed by atoms with Gasteiger partial charge in [0.2, 0.25) is 11.8 Å². The number of carboxylic acid groups (broad SMARTS) is 1. The molecule has 2 heterocycles. The molecule has 0 aliphatic carbocycles. The standard InChI is InChI=1S/C16H19N3O4S.C4H11NO3/c1-16(2)11(15(22)23)19-13(21)10(14(19)24-16)18-12(20)9(17)8-6-4-3-5-7-8;5-4(1-6,2-7)3-8/h3-7,9-11,14H,17H2,1-2H3,(H,18,20)(H,22,23);6-8H,1-3,5H2/t9-,10+,11-,14+;/m0./s1. The highest BCUT2D eigenvalue weighted by atomic mass is 32.2. The molecule has 2 amide bonds. The van der Waals surface area contributed by atoms with Gasteiger partial charge in [-0.25, -0.2) is 4.79 Å². The van der Waals surface area contributed by atoms with Crippen LogP contribution in [0.2, 0.25) is 0 Å². The average molecular weight is 471 g/mol. The number of benzene rings is 1. The summed E-state index contributed by atoms with van der Waals surface area (Å²) in [5, 5.41) is 36.7. The van der Waals surface area contributed by atoms with Crippen molar-refractivity contribution < 1.29 is 34.8 Å². The van der Waals surface area contributed by atoms with Crippen molar-refractivity contribution >= 4 is 29.5 Å². The monoisotopic (exact) mass is 470 g/mol. The van der Waals surface area contributed by atoms with Crippen molar-refractivity contribution in [2.75, 3.05) is 19.8 Å². The number of amides is 2. The number of hydrogen-bond donors (Lipinski definition) is 7. The van der Waals surface area contributed by atoms with Crippen LogP contribution in [-0.4, -0.2) is 90.7 Å². The van der Waals surface area contributed by atoms with E-state index in [1.807, 2.05) is 6.07 Å². The van der Waals surface area contributed by atoms with E-state index in [9.17, 15) is 19.5 Å². The van der Waals surface area contributed by atoms with Crippen LogP contribution >= 0.6 is 11.8 Å². The van der Waals surface area contributed by atoms with Crippen molar-refractivity contribution in [3.05, 3.63) is 35.9 Å². The molecule has 3 rings (SSSR count). The molecule has 0 unspecified atom stereocenters. The first-order valence-corrected chi connectivity index (χ1v) is 10.8. The number of thioether (sulfide) groups is 1. The van der Waals surface area contributed by atoms with Crippen molar-refractivity contribution in [2.24, 2.45) is 11.5 Å². The highest BCUT2D eigenvalue weighted by Crippen LogP contribution is 2.50. The summed E-state index contributed by atoms with van der Waals surface area (Å²) in [6.07, 6.45) is 0. The average Bonchev–Trinajstić information content (AvgIpc) is 3.05. The zero-order valence-corrected chi connectivity index (χ0v) is 18.7. The van der Waals surface area contributed by atoms with Crippen molar-refractivity contribution in [1.82, 2.24) is 10.2 Å². The van der Waals surface area contributed by atoms with Crippen molar-refractivity contribution in [2.45, 2.75) is 47.6 Å². The summed E-state index contributed by atoms with van der Waals surface area (Å²) in [5.74, 6) is -1.86. The minimum atomic E-state index is -1.21. The maximum Gasteiger partial charge on any atom is 0.327 e. The number of carboxylic acids is 1. The summed E-state index contributed by atoms with van der Waals surface area (Å²) in [4.78, 5) is 37.5. The molecule has 1 aromatic carbocycles. The predicted molar refractivity (Wildman–Crippen MR) is 117 cm³/mol. The molecule has 0 aromatic heterocycles. The zero-order chi connectivity index (χ0) is 24.3. The Kier molecular flexibility index (Phi) is 8.26. The second-order valence-electron chi connectivity index (χ2n) is 8.31. The van der Waals surface area contributed by atoms with Gasteiger partial charge in [0.1, 0.15) is 23.5 Å². The maximum absolute atomic E-state index is 12.3. The van der Waals surface area contributed by atoms with Gasteiger partial charge in [0.05, 0.1) is 25.4 Å². The van der Waals surface area contributed by atoms with E-state index < -0.39 is 60.1 Å². The van der Waals surface area contributed by atoms with Crippen LogP contribution in [0.15, 0.2) is 30.3 Å². The number of aliphatic hydroxyl groups is 3. The number of β-lactam (4-membered cyclic amide) rings is 1. The maximum atomic E-state index is 12.3. The lowest BCUT2D eigenvalue weighted by atomic mass is 9.95. The largest absolute Gasteiger partial charge is 0.480 e. The minimum absolute atomic E-state index is 0.375. The van der Waals surface area contributed by atoms with Crippen LogP contribution in [0, 0.1) is 0 Å². The Morgan fingerprint density at radius 3 is 2.16 bits per heavy atom. The molecule has 9 N–H and O–H groups in total. The second kappa shape index (κ2) is 10.1. The topological polar surface area (TPSA) is 199 Å². The molecule has 0 radical (unpaired) electrons. The first kappa shape index (κ1) is 26.0. The van der Waals surface area contributed by atoms with Crippen molar-refractivity contribution in [1.29, 1.82) is 0 Å². The lowest BCUT2D eigenvalue weighted by Crippen LogP contribution is -2.71. The van der Waals surface area contributed by atoms with Gasteiger partial charge in [0, 0.05) is 4.75 Å². The van der Waals surface area contributed by atoms with Crippen molar-refractivity contribution in [3.8, 4) is 0 Å². The van der Waals surface area contributed by atoms with Gasteiger partial charge in [-0.15, -0.1) is 11.8 Å². The van der Waals surface area contributed by atoms with Gasteiger partial charge in [-0.2, -0.15) is 0 Å². The summed E-state index contributed by atoms with van der Waals surface area (Å²) >= 11 is 1.38. The Morgan fingerprint density at radius 1 is 1.19 bits per heavy atom. The van der Waals surface area contributed by atoms with Gasteiger partial charge in [-0.3, -0.25) is 9.59 Å². The Hall–Kier alpha value is -2.22. The molecule has 2 fully saturated rings. The lowest BCUT2D eigenvalue weighted by molar-refractivity contribution is -0.161. The number of aliphatic carboxylic acids is 1. The van der Waals surface area contributed by atoms with Gasteiger partial charge >= 0.3 is 5.97 Å². The summed E-state index contributed by atoms with van der Waals surface area (Å²) in [6, 6.07) is 6.38. The molecule has 2 aliphatic heterocycles. The number of carbonyl (C=O) groups excluding carboxylic acids is 2. The van der Waals surface area contributed by atoms with Crippen LogP contribution in [0.4, 0.5) is 0 Å². The molecule has 0 saturated carbocycles. The Labute approximate surface area is 189 Å². The van der Waals surface area contributed by atoms with Gasteiger partial charge < -0.3 is 42.1 Å². The summed E-state index contributed by atoms with van der Waals surface area (Å²) in [5.41, 5.74) is 10.5. The van der Waals surface area contributed by atoms with E-state index in [0.29, 0.717) is 5.56 Å². The number of nitrogens with two attached hydrogens (primary N) is 2. The molecule has 4 atom stereocenters. The van der Waals surface area contributed by atoms with E-state index in [4.69, 9.17) is 26.8 Å². The number of rotatable bonds is 7. The van der Waals surface area contributed by atoms with E-state index in [-0.39, 0.29) is 11.3 Å². The molecule has 0 spiro atoms. The number of fused-ring (bicyclic) bond motifs is 1. The molecule has 1 aromatic rings. The third kappa shape index (κ3) is 5.22. The first-order valence-electron chi connectivity index (χ1n) is 9.87. The zero-order valence-electron chi connectivity index (χ0n) is 17.8. The van der Waals surface area contributed by atoms with Crippen LogP contribution in [0.1, 0.15) is 25.5 Å². The molecule has 2 saturated heterocycles. The fourth-order valence-corrected chi connectivity index (χ4v) is 4.98. The Morgan fingerprint density at radius 2 is 1.72 bits per heavy atom. The van der Waals surface area contributed by atoms with Gasteiger partial charge in [0.15, 0.2) is 0 Å². The second-order valence-corrected chi connectivity index (χ2v) is 10.1. The molecule has 12 heteroatoms. The van der Waals surface area contributed by atoms with E-state index in [0.717, 1.165) is 0 Å². The third-order valence-electron chi connectivity index (χ3n) is 5.36. The smallest absolute Gasteiger partial charge is 0.327 e. The van der Waals surface area contributed by atoms with Gasteiger partial charge in [0.25, 0.3) is 0 Å². The Balaban J connectivity index is 0.000000390. The van der Waals surface area contributed by atoms with E-state index in [1.54, 1.807) is 38.1 Å². The summed E-state index contributed by atoms with van der Waals surface area (Å²) in [7, 11) is 0. The van der Waals surface area contributed by atoms with E-state index in [2.05, 4.69) is 5.32 Å². The highest BCUT2D eigenvalue weighted by molar-refractivity contribution is 8.01. The number of carbonyl (C=O) groups is 3.